The lowest BCUT2D eigenvalue weighted by atomic mass is 10.1. The number of likely N-dealkylation sites (N-methyl/N-ethyl adjacent to an activating group) is 1. The number of piperazine rings is 1. The zero-order valence-corrected chi connectivity index (χ0v) is 21.5. The molecule has 0 aliphatic carbocycles. The maximum absolute atomic E-state index is 14.4. The van der Waals surface area contributed by atoms with Crippen LogP contribution in [-0.4, -0.2) is 90.9 Å². The van der Waals surface area contributed by atoms with Crippen LogP contribution in [0, 0.1) is 11.2 Å². The van der Waals surface area contributed by atoms with Crippen LogP contribution in [0.5, 0.6) is 0 Å². The van der Waals surface area contributed by atoms with E-state index in [0.29, 0.717) is 5.69 Å². The number of benzene rings is 2. The molecule has 1 aromatic heterocycles. The third-order valence-electron chi connectivity index (χ3n) is 6.99. The number of hydrogen-bond donors (Lipinski definition) is 4. The lowest BCUT2D eigenvalue weighted by Gasteiger charge is -2.34. The van der Waals surface area contributed by atoms with Crippen molar-refractivity contribution in [1.82, 2.24) is 25.1 Å². The van der Waals surface area contributed by atoms with Crippen molar-refractivity contribution in [3.05, 3.63) is 71.1 Å². The number of ether oxygens (including phenoxy) is 1. The van der Waals surface area contributed by atoms with E-state index in [0.717, 1.165) is 81.8 Å². The van der Waals surface area contributed by atoms with Crippen LogP contribution in [0.2, 0.25) is 0 Å². The van der Waals surface area contributed by atoms with Gasteiger partial charge in [0, 0.05) is 63.3 Å². The number of anilines is 1. The summed E-state index contributed by atoms with van der Waals surface area (Å²) in [6, 6.07) is 10.3. The monoisotopic (exact) mass is 520 g/mol. The molecule has 2 saturated heterocycles. The standard InChI is InChI=1S/C27H33FN8O2/c1-34-4-6-36(7-5-34)21-14-19(13-20(28)15-21)27(37)33-24(16-29)25(30)26-31-22-3-2-18(12-23(22)32-26)17-35-8-10-38-11-9-35/h2-3,12-16,30H,4-11,17,29H2,1H3,(H,31,32)(H,33,37)/b24-16+,30-25?. The predicted molar refractivity (Wildman–Crippen MR) is 145 cm³/mol. The summed E-state index contributed by atoms with van der Waals surface area (Å²) in [7, 11) is 2.05. The number of amides is 1. The number of halogens is 1. The lowest BCUT2D eigenvalue weighted by molar-refractivity contribution is 0.0342. The molecule has 38 heavy (non-hydrogen) atoms. The summed E-state index contributed by atoms with van der Waals surface area (Å²) >= 11 is 0. The molecule has 2 fully saturated rings. The van der Waals surface area contributed by atoms with Crippen molar-refractivity contribution in [1.29, 1.82) is 5.41 Å². The molecule has 200 valence electrons. The molecule has 0 bridgehead atoms. The largest absolute Gasteiger partial charge is 0.403 e. The van der Waals surface area contributed by atoms with Crippen LogP contribution >= 0.6 is 0 Å². The number of H-pyrrole nitrogens is 1. The van der Waals surface area contributed by atoms with Crippen LogP contribution in [0.4, 0.5) is 10.1 Å². The third-order valence-corrected chi connectivity index (χ3v) is 6.99. The number of rotatable bonds is 7. The minimum Gasteiger partial charge on any atom is -0.403 e. The highest BCUT2D eigenvalue weighted by molar-refractivity contribution is 6.12. The van der Waals surface area contributed by atoms with Gasteiger partial charge in [-0.25, -0.2) is 9.37 Å². The fraction of sp³-hybridized carbons (Fsp3) is 0.370. The Hall–Kier alpha value is -3.80. The molecule has 0 spiro atoms. The van der Waals surface area contributed by atoms with Gasteiger partial charge in [0.15, 0.2) is 5.82 Å². The molecule has 3 heterocycles. The maximum atomic E-state index is 14.4. The molecule has 0 saturated carbocycles. The second-order valence-corrected chi connectivity index (χ2v) is 9.72. The highest BCUT2D eigenvalue weighted by Gasteiger charge is 2.20. The van der Waals surface area contributed by atoms with E-state index in [1.54, 1.807) is 6.07 Å². The van der Waals surface area contributed by atoms with Gasteiger partial charge in [-0.15, -0.1) is 0 Å². The van der Waals surface area contributed by atoms with Gasteiger partial charge in [0.2, 0.25) is 0 Å². The Morgan fingerprint density at radius 2 is 1.92 bits per heavy atom. The number of carbonyl (C=O) groups excluding carboxylic acids is 1. The Morgan fingerprint density at radius 1 is 1.16 bits per heavy atom. The summed E-state index contributed by atoms with van der Waals surface area (Å²) in [5.74, 6) is -0.770. The average Bonchev–Trinajstić information content (AvgIpc) is 3.35. The van der Waals surface area contributed by atoms with Gasteiger partial charge in [0.05, 0.1) is 29.9 Å². The molecule has 2 aromatic carbocycles. The van der Waals surface area contributed by atoms with Crippen LogP contribution in [0.25, 0.3) is 11.0 Å². The summed E-state index contributed by atoms with van der Waals surface area (Å²) in [6.45, 7) is 7.27. The van der Waals surface area contributed by atoms with E-state index in [2.05, 4.69) is 30.0 Å². The predicted octanol–water partition coefficient (Wildman–Crippen LogP) is 1.88. The first-order valence-electron chi connectivity index (χ1n) is 12.7. The number of aromatic amines is 1. The molecule has 2 aliphatic rings. The van der Waals surface area contributed by atoms with Gasteiger partial charge in [0.1, 0.15) is 11.5 Å². The third kappa shape index (κ3) is 5.85. The molecule has 11 heteroatoms. The fourth-order valence-corrected chi connectivity index (χ4v) is 4.75. The Labute approximate surface area is 220 Å². The van der Waals surface area contributed by atoms with Gasteiger partial charge in [-0.2, -0.15) is 0 Å². The zero-order valence-electron chi connectivity index (χ0n) is 21.5. The lowest BCUT2D eigenvalue weighted by Crippen LogP contribution is -2.44. The molecule has 0 unspecified atom stereocenters. The topological polar surface area (TPSA) is 127 Å². The molecule has 10 nitrogen and oxygen atoms in total. The summed E-state index contributed by atoms with van der Waals surface area (Å²) < 4.78 is 19.9. The van der Waals surface area contributed by atoms with Gasteiger partial charge >= 0.3 is 0 Å². The number of nitrogens with two attached hydrogens (primary N) is 1. The Morgan fingerprint density at radius 3 is 2.66 bits per heavy atom. The van der Waals surface area contributed by atoms with Gasteiger partial charge in [-0.1, -0.05) is 6.07 Å². The second-order valence-electron chi connectivity index (χ2n) is 9.72. The minimum absolute atomic E-state index is 0.0672. The van der Waals surface area contributed by atoms with Crippen LogP contribution in [0.1, 0.15) is 21.7 Å². The number of fused-ring (bicyclic) bond motifs is 1. The quantitative estimate of drug-likeness (QED) is 0.351. The van der Waals surface area contributed by atoms with E-state index in [1.165, 1.54) is 12.1 Å². The van der Waals surface area contributed by atoms with Crippen LogP contribution in [0.15, 0.2) is 48.3 Å². The first kappa shape index (κ1) is 25.8. The molecule has 5 N–H and O–H groups in total. The van der Waals surface area contributed by atoms with Crippen molar-refractivity contribution in [2.45, 2.75) is 6.54 Å². The van der Waals surface area contributed by atoms with Crippen molar-refractivity contribution in [2.24, 2.45) is 5.73 Å². The number of morpholine rings is 1. The van der Waals surface area contributed by atoms with Crippen LogP contribution < -0.4 is 16.0 Å². The molecule has 5 rings (SSSR count). The molecule has 1 amide bonds. The van der Waals surface area contributed by atoms with E-state index >= 15 is 0 Å². The van der Waals surface area contributed by atoms with Crippen molar-refractivity contribution in [3.8, 4) is 0 Å². The number of imidazole rings is 1. The average molecular weight is 521 g/mol. The van der Waals surface area contributed by atoms with Crippen molar-refractivity contribution in [2.75, 3.05) is 64.4 Å². The van der Waals surface area contributed by atoms with Gasteiger partial charge < -0.3 is 30.6 Å². The number of allylic oxidation sites excluding steroid dienone is 1. The highest BCUT2D eigenvalue weighted by atomic mass is 19.1. The number of aromatic nitrogens is 2. The summed E-state index contributed by atoms with van der Waals surface area (Å²) in [5.41, 5.74) is 9.23. The summed E-state index contributed by atoms with van der Waals surface area (Å²) in [5, 5.41) is 11.3. The number of nitrogens with one attached hydrogen (secondary N) is 3. The van der Waals surface area contributed by atoms with Gasteiger partial charge in [-0.05, 0) is 42.9 Å². The highest BCUT2D eigenvalue weighted by Crippen LogP contribution is 2.21. The first-order valence-corrected chi connectivity index (χ1v) is 12.7. The molecular formula is C27H33FN8O2. The van der Waals surface area contributed by atoms with Gasteiger partial charge in [-0.3, -0.25) is 15.1 Å². The molecule has 0 atom stereocenters. The Bertz CT molecular complexity index is 1360. The normalized spacial score (nSPS) is 17.6. The smallest absolute Gasteiger partial charge is 0.255 e. The van der Waals surface area contributed by atoms with E-state index in [1.807, 2.05) is 25.2 Å². The molecule has 0 radical (unpaired) electrons. The van der Waals surface area contributed by atoms with Crippen molar-refractivity contribution in [3.63, 3.8) is 0 Å². The Kier molecular flexibility index (Phi) is 7.68. The van der Waals surface area contributed by atoms with Crippen molar-refractivity contribution >= 4 is 28.3 Å². The minimum atomic E-state index is -0.551. The summed E-state index contributed by atoms with van der Waals surface area (Å²) in [6.07, 6.45) is 1.15. The molecule has 2 aliphatic heterocycles. The van der Waals surface area contributed by atoms with Crippen LogP contribution in [0.3, 0.4) is 0 Å². The van der Waals surface area contributed by atoms with E-state index < -0.39 is 11.7 Å². The Balaban J connectivity index is 1.29. The van der Waals surface area contributed by atoms with E-state index in [4.69, 9.17) is 15.9 Å². The fourth-order valence-electron chi connectivity index (χ4n) is 4.75. The number of nitrogens with zero attached hydrogens (tertiary/aromatic N) is 4. The number of carbonyl (C=O) groups is 1. The zero-order chi connectivity index (χ0) is 26.6. The second kappa shape index (κ2) is 11.3. The molecular weight excluding hydrogens is 487 g/mol. The first-order chi connectivity index (χ1) is 18.4. The summed E-state index contributed by atoms with van der Waals surface area (Å²) in [4.78, 5) is 27.3. The maximum Gasteiger partial charge on any atom is 0.255 e. The van der Waals surface area contributed by atoms with Crippen molar-refractivity contribution < 1.29 is 13.9 Å². The number of hydrogen-bond acceptors (Lipinski definition) is 8. The molecule has 3 aromatic rings. The van der Waals surface area contributed by atoms with Crippen LogP contribution in [-0.2, 0) is 11.3 Å². The SMILES string of the molecule is CN1CCN(c2cc(F)cc(C(=O)N/C(=C/N)C(=N)c3nc4cc(CN5CCOCC5)ccc4[nH]3)c2)CC1. The van der Waals surface area contributed by atoms with Gasteiger partial charge in [0.25, 0.3) is 5.91 Å². The van der Waals surface area contributed by atoms with E-state index in [9.17, 15) is 9.18 Å². The van der Waals surface area contributed by atoms with E-state index in [-0.39, 0.29) is 22.8 Å².